The first-order chi connectivity index (χ1) is 27.8. The number of hydrogen-bond donors (Lipinski definition) is 7. The molecule has 0 spiro atoms. The summed E-state index contributed by atoms with van der Waals surface area (Å²) in [6, 6.07) is -2.69. The number of nitrogens with one attached hydrogen (secondary N) is 4. The van der Waals surface area contributed by atoms with E-state index < -0.39 is 47.7 Å². The van der Waals surface area contributed by atoms with E-state index in [9.17, 15) is 48.6 Å². The van der Waals surface area contributed by atoms with Crippen LogP contribution in [0.5, 0.6) is 0 Å². The second kappa shape index (κ2) is 37.1. The Hall–Kier alpha value is -4.20. The number of ketones is 1. The van der Waals surface area contributed by atoms with Crippen LogP contribution in [0.1, 0.15) is 122 Å². The number of carbonyl (C=O) groups excluding carboxylic acids is 5. The third-order valence-electron chi connectivity index (χ3n) is 8.55. The summed E-state index contributed by atoms with van der Waals surface area (Å²) in [7, 11) is 0. The highest BCUT2D eigenvalue weighted by Crippen LogP contribution is 2.13. The Bertz CT molecular complexity index is 1200. The van der Waals surface area contributed by atoms with Crippen LogP contribution in [0.25, 0.3) is 0 Å². The lowest BCUT2D eigenvalue weighted by atomic mass is 10.0. The number of aliphatic carboxylic acids is 3. The Morgan fingerprint density at radius 2 is 0.810 bits per heavy atom. The molecule has 0 bridgehead atoms. The highest BCUT2D eigenvalue weighted by Gasteiger charge is 2.24. The minimum absolute atomic E-state index is 0.0361. The molecule has 0 aromatic rings. The summed E-state index contributed by atoms with van der Waals surface area (Å²) in [5, 5.41) is 37.6. The van der Waals surface area contributed by atoms with Crippen LogP contribution in [0.15, 0.2) is 0 Å². The van der Waals surface area contributed by atoms with Gasteiger partial charge in [0, 0.05) is 38.8 Å². The molecule has 0 fully saturated rings. The van der Waals surface area contributed by atoms with Crippen molar-refractivity contribution >= 4 is 47.3 Å². The molecule has 2 atom stereocenters. The quantitative estimate of drug-likeness (QED) is 0.0435. The van der Waals surface area contributed by atoms with Gasteiger partial charge in [-0.05, 0) is 32.6 Å². The van der Waals surface area contributed by atoms with Crippen molar-refractivity contribution < 1.29 is 72.6 Å². The highest BCUT2D eigenvalue weighted by molar-refractivity contribution is 5.86. The van der Waals surface area contributed by atoms with Gasteiger partial charge in [0.25, 0.3) is 0 Å². The molecular formula is C39H68N4O15. The van der Waals surface area contributed by atoms with Gasteiger partial charge in [0.15, 0.2) is 5.78 Å². The molecular weight excluding hydrogens is 764 g/mol. The summed E-state index contributed by atoms with van der Waals surface area (Å²) < 4.78 is 20.9. The molecule has 4 amide bonds. The van der Waals surface area contributed by atoms with Crippen molar-refractivity contribution in [3.05, 3.63) is 0 Å². The average molecular weight is 833 g/mol. The fourth-order valence-electron chi connectivity index (χ4n) is 5.41. The Balaban J connectivity index is 4.01. The lowest BCUT2D eigenvalue weighted by molar-refractivity contribution is -0.143. The van der Waals surface area contributed by atoms with E-state index in [1.54, 1.807) is 0 Å². The SMILES string of the molecule is CC(=O)COCCOCCNC(=O)COCCOCCNC(=O)CC[C@H](NC(=O)CCC(NC(=O)CCCCCCCCCCCCCCC(=O)O)C(=O)O)C(=O)O. The largest absolute Gasteiger partial charge is 0.481 e. The van der Waals surface area contributed by atoms with E-state index in [0.29, 0.717) is 13.0 Å². The molecule has 0 aromatic carbocycles. The van der Waals surface area contributed by atoms with Crippen LogP contribution in [-0.2, 0) is 57.3 Å². The molecule has 334 valence electrons. The van der Waals surface area contributed by atoms with Crippen LogP contribution in [0.4, 0.5) is 0 Å². The van der Waals surface area contributed by atoms with Gasteiger partial charge in [-0.2, -0.15) is 0 Å². The van der Waals surface area contributed by atoms with E-state index in [2.05, 4.69) is 21.3 Å². The molecule has 0 aromatic heterocycles. The topological polar surface area (TPSA) is 282 Å². The zero-order valence-electron chi connectivity index (χ0n) is 34.2. The molecule has 19 nitrogen and oxygen atoms in total. The van der Waals surface area contributed by atoms with Gasteiger partial charge in [0.1, 0.15) is 25.3 Å². The first-order valence-corrected chi connectivity index (χ1v) is 20.4. The Morgan fingerprint density at radius 3 is 1.26 bits per heavy atom. The highest BCUT2D eigenvalue weighted by atomic mass is 16.5. The molecule has 7 N–H and O–H groups in total. The Labute approximate surface area is 341 Å². The number of ether oxygens (including phenoxy) is 4. The molecule has 0 aliphatic heterocycles. The maximum absolute atomic E-state index is 12.5. The Morgan fingerprint density at radius 1 is 0.431 bits per heavy atom. The molecule has 0 saturated carbocycles. The van der Waals surface area contributed by atoms with E-state index in [4.69, 9.17) is 24.1 Å². The van der Waals surface area contributed by atoms with Crippen LogP contribution in [-0.4, -0.2) is 141 Å². The van der Waals surface area contributed by atoms with Gasteiger partial charge in [0.05, 0.1) is 39.6 Å². The standard InChI is InChI=1S/C39H68N4O15/c1-30(44)28-57-26-24-56-23-21-41-36(48)29-58-27-25-55-22-20-40-33(45)18-16-31(38(51)52)43-35(47)19-17-32(39(53)54)42-34(46)14-12-10-8-6-4-2-3-5-7-9-11-13-15-37(49)50/h31-32H,2-29H2,1H3,(H,40,45)(H,41,48)(H,42,46)(H,43,47)(H,49,50)(H,51,52)(H,53,54)/t31-,32?/m0/s1. The van der Waals surface area contributed by atoms with Gasteiger partial charge in [-0.25, -0.2) is 9.59 Å². The van der Waals surface area contributed by atoms with Gasteiger partial charge in [-0.1, -0.05) is 64.2 Å². The van der Waals surface area contributed by atoms with Crippen LogP contribution in [0.2, 0.25) is 0 Å². The lowest BCUT2D eigenvalue weighted by Gasteiger charge is -2.17. The fraction of sp³-hybridized carbons (Fsp3) is 0.795. The summed E-state index contributed by atoms with van der Waals surface area (Å²) in [6.45, 7) is 2.99. The van der Waals surface area contributed by atoms with Crippen molar-refractivity contribution in [2.75, 3.05) is 65.9 Å². The minimum atomic E-state index is -1.38. The Kier molecular flexibility index (Phi) is 34.4. The first kappa shape index (κ1) is 53.8. The zero-order chi connectivity index (χ0) is 43.2. The maximum Gasteiger partial charge on any atom is 0.326 e. The van der Waals surface area contributed by atoms with Gasteiger partial charge in [0.2, 0.25) is 23.6 Å². The number of hydrogen-bond acceptors (Lipinski definition) is 12. The number of rotatable bonds is 41. The maximum atomic E-state index is 12.5. The number of amides is 4. The zero-order valence-corrected chi connectivity index (χ0v) is 34.2. The number of carbonyl (C=O) groups is 8. The third kappa shape index (κ3) is 36.2. The molecule has 0 heterocycles. The van der Waals surface area contributed by atoms with E-state index in [0.717, 1.165) is 70.6 Å². The van der Waals surface area contributed by atoms with Crippen molar-refractivity contribution in [1.82, 2.24) is 21.3 Å². The summed E-state index contributed by atoms with van der Waals surface area (Å²) in [5.74, 6) is -5.44. The average Bonchev–Trinajstić information content (AvgIpc) is 3.16. The summed E-state index contributed by atoms with van der Waals surface area (Å²) in [4.78, 5) is 93.4. The number of unbranched alkanes of at least 4 members (excludes halogenated alkanes) is 11. The number of carboxylic acids is 3. The van der Waals surface area contributed by atoms with Crippen LogP contribution in [0, 0.1) is 0 Å². The molecule has 0 saturated heterocycles. The van der Waals surface area contributed by atoms with Gasteiger partial charge in [-0.15, -0.1) is 0 Å². The molecule has 0 aliphatic carbocycles. The number of Topliss-reactive ketones (excluding diaryl/α,β-unsaturated/α-hetero) is 1. The smallest absolute Gasteiger partial charge is 0.326 e. The van der Waals surface area contributed by atoms with E-state index in [1.807, 2.05) is 0 Å². The third-order valence-corrected chi connectivity index (χ3v) is 8.55. The van der Waals surface area contributed by atoms with Gasteiger partial charge < -0.3 is 55.5 Å². The first-order valence-electron chi connectivity index (χ1n) is 20.4. The summed E-state index contributed by atoms with van der Waals surface area (Å²) >= 11 is 0. The normalized spacial score (nSPS) is 11.9. The predicted octanol–water partition coefficient (Wildman–Crippen LogP) is 2.12. The summed E-state index contributed by atoms with van der Waals surface area (Å²) in [6.07, 6.45) is 11.2. The minimum Gasteiger partial charge on any atom is -0.481 e. The van der Waals surface area contributed by atoms with Crippen molar-refractivity contribution in [3.63, 3.8) is 0 Å². The van der Waals surface area contributed by atoms with Crippen molar-refractivity contribution in [1.29, 1.82) is 0 Å². The van der Waals surface area contributed by atoms with Crippen molar-refractivity contribution in [2.45, 2.75) is 135 Å². The molecule has 0 aliphatic rings. The molecule has 19 heteroatoms. The molecule has 0 rings (SSSR count). The van der Waals surface area contributed by atoms with Crippen molar-refractivity contribution in [2.24, 2.45) is 0 Å². The van der Waals surface area contributed by atoms with Crippen LogP contribution >= 0.6 is 0 Å². The van der Waals surface area contributed by atoms with Crippen LogP contribution < -0.4 is 21.3 Å². The monoisotopic (exact) mass is 832 g/mol. The van der Waals surface area contributed by atoms with Crippen molar-refractivity contribution in [3.8, 4) is 0 Å². The predicted molar refractivity (Wildman–Crippen MR) is 210 cm³/mol. The second-order valence-corrected chi connectivity index (χ2v) is 13.9. The summed E-state index contributed by atoms with van der Waals surface area (Å²) in [5.41, 5.74) is 0. The lowest BCUT2D eigenvalue weighted by Crippen LogP contribution is -2.44. The van der Waals surface area contributed by atoms with E-state index in [-0.39, 0.29) is 110 Å². The molecule has 0 radical (unpaired) electrons. The van der Waals surface area contributed by atoms with Crippen LogP contribution in [0.3, 0.4) is 0 Å². The number of carboxylic acid groups (broad SMARTS) is 3. The van der Waals surface area contributed by atoms with Gasteiger partial charge >= 0.3 is 17.9 Å². The second-order valence-electron chi connectivity index (χ2n) is 13.9. The molecule has 58 heavy (non-hydrogen) atoms. The fourth-order valence-corrected chi connectivity index (χ4v) is 5.41. The molecule has 1 unspecified atom stereocenters. The van der Waals surface area contributed by atoms with Gasteiger partial charge in [-0.3, -0.25) is 28.8 Å². The van der Waals surface area contributed by atoms with E-state index in [1.165, 1.54) is 6.92 Å². The van der Waals surface area contributed by atoms with E-state index >= 15 is 0 Å².